The average molecular weight is 446 g/mol. The molecule has 0 aliphatic carbocycles. The summed E-state index contributed by atoms with van der Waals surface area (Å²) in [6.45, 7) is 3.38. The maximum atomic E-state index is 12.3. The number of carbonyl (C=O) groups is 1. The molecule has 2 rings (SSSR count). The molecule has 0 radical (unpaired) electrons. The molecule has 8 heteroatoms. The van der Waals surface area contributed by atoms with Crippen LogP contribution in [-0.4, -0.2) is 27.1 Å². The summed E-state index contributed by atoms with van der Waals surface area (Å²) >= 11 is 9.47. The Bertz CT molecular complexity index is 916. The van der Waals surface area contributed by atoms with Crippen LogP contribution >= 0.6 is 27.5 Å². The number of nitrogens with zero attached hydrogens (tertiary/aromatic N) is 1. The van der Waals surface area contributed by atoms with Crippen LogP contribution in [0, 0.1) is 13.8 Å². The number of sulfonamides is 1. The topological polar surface area (TPSA) is 66.5 Å². The van der Waals surface area contributed by atoms with Crippen molar-refractivity contribution in [3.8, 4) is 0 Å². The highest BCUT2D eigenvalue weighted by Gasteiger charge is 2.21. The Morgan fingerprint density at radius 2 is 1.84 bits per heavy atom. The third-order valence-electron chi connectivity index (χ3n) is 3.57. The molecule has 0 unspecified atom stereocenters. The molecule has 0 spiro atoms. The quantitative estimate of drug-likeness (QED) is 0.752. The van der Waals surface area contributed by atoms with Crippen LogP contribution in [0.5, 0.6) is 0 Å². The van der Waals surface area contributed by atoms with Gasteiger partial charge in [0.15, 0.2) is 0 Å². The van der Waals surface area contributed by atoms with E-state index in [1.807, 2.05) is 19.9 Å². The Morgan fingerprint density at radius 1 is 1.16 bits per heavy atom. The van der Waals surface area contributed by atoms with Crippen molar-refractivity contribution in [3.05, 3.63) is 57.0 Å². The van der Waals surface area contributed by atoms with E-state index in [1.165, 1.54) is 6.07 Å². The molecule has 2 aromatic carbocycles. The Morgan fingerprint density at radius 3 is 2.40 bits per heavy atom. The van der Waals surface area contributed by atoms with Crippen molar-refractivity contribution < 1.29 is 13.2 Å². The van der Waals surface area contributed by atoms with E-state index in [1.54, 1.807) is 24.3 Å². The molecule has 1 N–H and O–H groups in total. The van der Waals surface area contributed by atoms with E-state index in [4.69, 9.17) is 11.6 Å². The number of anilines is 2. The molecule has 5 nitrogen and oxygen atoms in total. The van der Waals surface area contributed by atoms with Crippen LogP contribution in [0.2, 0.25) is 5.02 Å². The van der Waals surface area contributed by atoms with Crippen LogP contribution < -0.4 is 9.62 Å². The van der Waals surface area contributed by atoms with E-state index in [0.29, 0.717) is 16.4 Å². The summed E-state index contributed by atoms with van der Waals surface area (Å²) in [7, 11) is -3.64. The molecule has 0 saturated heterocycles. The summed E-state index contributed by atoms with van der Waals surface area (Å²) < 4.78 is 26.2. The lowest BCUT2D eigenvalue weighted by molar-refractivity contribution is -0.114. The first-order valence-electron chi connectivity index (χ1n) is 7.38. The van der Waals surface area contributed by atoms with E-state index < -0.39 is 15.9 Å². The van der Waals surface area contributed by atoms with Crippen molar-refractivity contribution in [1.82, 2.24) is 0 Å². The smallest absolute Gasteiger partial charge is 0.245 e. The number of rotatable bonds is 5. The number of halogens is 2. The predicted molar refractivity (Wildman–Crippen MR) is 106 cm³/mol. The second kappa shape index (κ2) is 7.76. The van der Waals surface area contributed by atoms with Crippen LogP contribution in [0.4, 0.5) is 11.4 Å². The first-order chi connectivity index (χ1) is 11.6. The van der Waals surface area contributed by atoms with Crippen LogP contribution in [0.15, 0.2) is 40.9 Å². The summed E-state index contributed by atoms with van der Waals surface area (Å²) in [6.07, 6.45) is 1.05. The van der Waals surface area contributed by atoms with Crippen molar-refractivity contribution in [2.24, 2.45) is 0 Å². The molecule has 1 amide bonds. The number of hydrogen-bond acceptors (Lipinski definition) is 3. The lowest BCUT2D eigenvalue weighted by Crippen LogP contribution is -2.37. The van der Waals surface area contributed by atoms with Gasteiger partial charge in [0, 0.05) is 15.2 Å². The van der Waals surface area contributed by atoms with E-state index in [0.717, 1.165) is 26.2 Å². The van der Waals surface area contributed by atoms with Gasteiger partial charge in [-0.25, -0.2) is 8.42 Å². The van der Waals surface area contributed by atoms with E-state index in [-0.39, 0.29) is 6.54 Å². The average Bonchev–Trinajstić information content (AvgIpc) is 2.50. The second-order valence-electron chi connectivity index (χ2n) is 5.72. The number of carbonyl (C=O) groups excluding carboxylic acids is 1. The fraction of sp³-hybridized carbons (Fsp3) is 0.235. The summed E-state index contributed by atoms with van der Waals surface area (Å²) in [6, 6.07) is 10.2. The molecule has 0 atom stereocenters. The van der Waals surface area contributed by atoms with Crippen LogP contribution in [0.1, 0.15) is 11.1 Å². The van der Waals surface area contributed by atoms with Gasteiger partial charge in [-0.3, -0.25) is 9.10 Å². The van der Waals surface area contributed by atoms with E-state index in [2.05, 4.69) is 21.2 Å². The summed E-state index contributed by atoms with van der Waals surface area (Å²) in [5, 5.41) is 3.15. The maximum absolute atomic E-state index is 12.3. The van der Waals surface area contributed by atoms with E-state index >= 15 is 0 Å². The maximum Gasteiger partial charge on any atom is 0.245 e. The van der Waals surface area contributed by atoms with Crippen molar-refractivity contribution in [3.63, 3.8) is 0 Å². The Labute approximate surface area is 161 Å². The van der Waals surface area contributed by atoms with Gasteiger partial charge in [0.1, 0.15) is 6.54 Å². The monoisotopic (exact) mass is 444 g/mol. The molecule has 134 valence electrons. The molecule has 0 aliphatic heterocycles. The third kappa shape index (κ3) is 5.20. The molecule has 0 fully saturated rings. The van der Waals surface area contributed by atoms with Gasteiger partial charge >= 0.3 is 0 Å². The minimum atomic E-state index is -3.64. The number of amides is 1. The van der Waals surface area contributed by atoms with Crippen LogP contribution in [0.3, 0.4) is 0 Å². The Hall–Kier alpha value is -1.57. The van der Waals surface area contributed by atoms with Gasteiger partial charge in [-0.05, 0) is 55.3 Å². The molecular weight excluding hydrogens is 428 g/mol. The molecule has 0 bridgehead atoms. The summed E-state index contributed by atoms with van der Waals surface area (Å²) in [5.74, 6) is -0.441. The molecule has 0 heterocycles. The Balaban J connectivity index is 2.23. The zero-order chi connectivity index (χ0) is 18.8. The molecule has 0 aliphatic rings. The predicted octanol–water partition coefficient (Wildman–Crippen LogP) is 4.12. The highest BCUT2D eigenvalue weighted by Crippen LogP contribution is 2.25. The zero-order valence-electron chi connectivity index (χ0n) is 14.0. The standard InChI is InChI=1S/C17H18BrClN2O3S/c1-11-4-6-14(9-16(11)19)21(25(3,23)24)10-17(22)20-13-5-7-15(18)12(2)8-13/h4-9H,10H2,1-3H3,(H,20,22). The Kier molecular flexibility index (Phi) is 6.13. The SMILES string of the molecule is Cc1ccc(N(CC(=O)Nc2ccc(Br)c(C)c2)S(C)(=O)=O)cc1Cl. The first-order valence-corrected chi connectivity index (χ1v) is 10.4. The van der Waals surface area contributed by atoms with Gasteiger partial charge in [-0.2, -0.15) is 0 Å². The summed E-state index contributed by atoms with van der Waals surface area (Å²) in [5.41, 5.74) is 2.73. The van der Waals surface area contributed by atoms with E-state index in [9.17, 15) is 13.2 Å². The largest absolute Gasteiger partial charge is 0.325 e. The lowest BCUT2D eigenvalue weighted by Gasteiger charge is -2.22. The van der Waals surface area contributed by atoms with Gasteiger partial charge in [0.2, 0.25) is 15.9 Å². The van der Waals surface area contributed by atoms with Crippen LogP contribution in [-0.2, 0) is 14.8 Å². The minimum Gasteiger partial charge on any atom is -0.325 e. The molecule has 0 saturated carbocycles. The molecule has 2 aromatic rings. The zero-order valence-corrected chi connectivity index (χ0v) is 17.2. The number of benzene rings is 2. The highest BCUT2D eigenvalue weighted by molar-refractivity contribution is 9.10. The molecule has 0 aromatic heterocycles. The van der Waals surface area contributed by atoms with Crippen molar-refractivity contribution in [2.45, 2.75) is 13.8 Å². The van der Waals surface area contributed by atoms with Gasteiger partial charge < -0.3 is 5.32 Å². The third-order valence-corrected chi connectivity index (χ3v) is 6.01. The summed E-state index contributed by atoms with van der Waals surface area (Å²) in [4.78, 5) is 12.3. The number of aryl methyl sites for hydroxylation is 2. The molecule has 25 heavy (non-hydrogen) atoms. The number of nitrogens with one attached hydrogen (secondary N) is 1. The van der Waals surface area contributed by atoms with Crippen molar-refractivity contribution in [1.29, 1.82) is 0 Å². The fourth-order valence-corrected chi connectivity index (χ4v) is 3.46. The van der Waals surface area contributed by atoms with Gasteiger partial charge in [-0.15, -0.1) is 0 Å². The van der Waals surface area contributed by atoms with Gasteiger partial charge in [0.05, 0.1) is 11.9 Å². The van der Waals surface area contributed by atoms with Crippen molar-refractivity contribution in [2.75, 3.05) is 22.4 Å². The fourth-order valence-electron chi connectivity index (χ4n) is 2.19. The lowest BCUT2D eigenvalue weighted by atomic mass is 10.2. The second-order valence-corrected chi connectivity index (χ2v) is 8.88. The van der Waals surface area contributed by atoms with Gasteiger partial charge in [0.25, 0.3) is 0 Å². The number of hydrogen-bond donors (Lipinski definition) is 1. The van der Waals surface area contributed by atoms with Crippen LogP contribution in [0.25, 0.3) is 0 Å². The minimum absolute atomic E-state index is 0.340. The van der Waals surface area contributed by atoms with Gasteiger partial charge in [-0.1, -0.05) is 33.6 Å². The normalized spacial score (nSPS) is 11.2. The molecular formula is C17H18BrClN2O3S. The van der Waals surface area contributed by atoms with Crippen molar-refractivity contribution >= 4 is 54.8 Å². The highest BCUT2D eigenvalue weighted by atomic mass is 79.9. The first kappa shape index (κ1) is 19.8.